The molecule has 0 aliphatic rings. The van der Waals surface area contributed by atoms with E-state index in [1.54, 1.807) is 0 Å². The summed E-state index contributed by atoms with van der Waals surface area (Å²) in [6, 6.07) is 0. The largest absolute Gasteiger partial charge is 0.466 e. The summed E-state index contributed by atoms with van der Waals surface area (Å²) in [5, 5.41) is 9.32. The van der Waals surface area contributed by atoms with Crippen LogP contribution < -0.4 is 0 Å². The zero-order valence-electron chi connectivity index (χ0n) is 30.5. The van der Waals surface area contributed by atoms with Crippen LogP contribution in [0.15, 0.2) is 0 Å². The van der Waals surface area contributed by atoms with Crippen LogP contribution in [0, 0.1) is 5.92 Å². The highest BCUT2D eigenvalue weighted by Crippen LogP contribution is 2.22. The maximum absolute atomic E-state index is 12.3. The average molecular weight is 624 g/mol. The van der Waals surface area contributed by atoms with Gasteiger partial charge in [-0.2, -0.15) is 0 Å². The molecule has 0 bridgehead atoms. The van der Waals surface area contributed by atoms with Gasteiger partial charge in [0.05, 0.1) is 6.61 Å². The van der Waals surface area contributed by atoms with Crippen molar-refractivity contribution >= 4 is 5.97 Å². The molecule has 4 heteroatoms. The van der Waals surface area contributed by atoms with Crippen molar-refractivity contribution in [1.29, 1.82) is 0 Å². The second-order valence-electron chi connectivity index (χ2n) is 13.9. The Kier molecular flexibility index (Phi) is 36.3. The molecule has 0 spiro atoms. The predicted octanol–water partition coefficient (Wildman–Crippen LogP) is 12.2. The molecule has 0 fully saturated rings. The van der Waals surface area contributed by atoms with Gasteiger partial charge in [-0.25, -0.2) is 0 Å². The standard InChI is InChI=1S/C40H81NO3/c1-4-7-10-13-14-15-16-17-18-19-22-27-34-41(36-29-37-42)35-28-23-20-21-26-32-40(43)44-38-33-39(30-24-11-8-5-2)31-25-12-9-6-3/h39,42H,4-38H2,1-3H3. The number of carbonyl (C=O) groups excluding carboxylic acids is 1. The molecule has 0 aliphatic heterocycles. The van der Waals surface area contributed by atoms with Crippen molar-refractivity contribution in [3.63, 3.8) is 0 Å². The Bertz CT molecular complexity index is 543. The molecule has 1 N–H and O–H groups in total. The molecule has 0 saturated heterocycles. The third kappa shape index (κ3) is 32.8. The van der Waals surface area contributed by atoms with Crippen molar-refractivity contribution in [3.05, 3.63) is 0 Å². The van der Waals surface area contributed by atoms with Gasteiger partial charge in [0.2, 0.25) is 0 Å². The van der Waals surface area contributed by atoms with E-state index in [4.69, 9.17) is 4.74 Å². The zero-order chi connectivity index (χ0) is 32.2. The zero-order valence-corrected chi connectivity index (χ0v) is 30.5. The number of hydrogen-bond acceptors (Lipinski definition) is 4. The lowest BCUT2D eigenvalue weighted by atomic mass is 9.92. The number of ether oxygens (including phenoxy) is 1. The minimum absolute atomic E-state index is 0.0123. The van der Waals surface area contributed by atoms with Crippen LogP contribution in [0.3, 0.4) is 0 Å². The van der Waals surface area contributed by atoms with Gasteiger partial charge in [0, 0.05) is 19.6 Å². The summed E-state index contributed by atoms with van der Waals surface area (Å²) in [4.78, 5) is 14.9. The van der Waals surface area contributed by atoms with E-state index in [1.807, 2.05) is 0 Å². The first-order chi connectivity index (χ1) is 21.7. The van der Waals surface area contributed by atoms with Crippen LogP contribution in [-0.4, -0.2) is 48.8 Å². The van der Waals surface area contributed by atoms with Gasteiger partial charge in [0.1, 0.15) is 0 Å². The van der Waals surface area contributed by atoms with Crippen molar-refractivity contribution in [2.24, 2.45) is 5.92 Å². The minimum Gasteiger partial charge on any atom is -0.466 e. The van der Waals surface area contributed by atoms with Gasteiger partial charge in [-0.3, -0.25) is 4.79 Å². The summed E-state index contributed by atoms with van der Waals surface area (Å²) in [5.74, 6) is 0.742. The Morgan fingerprint density at radius 1 is 0.500 bits per heavy atom. The molecule has 0 aliphatic carbocycles. The maximum Gasteiger partial charge on any atom is 0.305 e. The Hall–Kier alpha value is -0.610. The Morgan fingerprint density at radius 2 is 0.886 bits per heavy atom. The van der Waals surface area contributed by atoms with E-state index >= 15 is 0 Å². The summed E-state index contributed by atoms with van der Waals surface area (Å²) in [6.45, 7) is 11.1. The molecule has 0 aromatic carbocycles. The Balaban J connectivity index is 3.85. The molecule has 44 heavy (non-hydrogen) atoms. The quantitative estimate of drug-likeness (QED) is 0.0552. The number of aliphatic hydroxyl groups is 1. The fourth-order valence-corrected chi connectivity index (χ4v) is 6.51. The van der Waals surface area contributed by atoms with Crippen molar-refractivity contribution < 1.29 is 14.6 Å². The first kappa shape index (κ1) is 43.4. The van der Waals surface area contributed by atoms with Gasteiger partial charge >= 0.3 is 5.97 Å². The van der Waals surface area contributed by atoms with Crippen LogP contribution in [-0.2, 0) is 9.53 Å². The summed E-state index contributed by atoms with van der Waals surface area (Å²) in [5.41, 5.74) is 0. The molecule has 0 heterocycles. The first-order valence-electron chi connectivity index (χ1n) is 20.2. The van der Waals surface area contributed by atoms with Gasteiger partial charge in [-0.15, -0.1) is 0 Å². The SMILES string of the molecule is CCCCCCCCCCCCCCN(CCCO)CCCCCCCC(=O)OCCC(CCCCCC)CCCCCC. The molecule has 0 saturated carbocycles. The number of esters is 1. The highest BCUT2D eigenvalue weighted by molar-refractivity contribution is 5.69. The van der Waals surface area contributed by atoms with E-state index in [1.165, 1.54) is 167 Å². The molecule has 0 radical (unpaired) electrons. The smallest absolute Gasteiger partial charge is 0.305 e. The van der Waals surface area contributed by atoms with Crippen molar-refractivity contribution in [1.82, 2.24) is 4.90 Å². The van der Waals surface area contributed by atoms with Gasteiger partial charge in [0.15, 0.2) is 0 Å². The van der Waals surface area contributed by atoms with Crippen molar-refractivity contribution in [3.8, 4) is 0 Å². The molecule has 0 unspecified atom stereocenters. The predicted molar refractivity (Wildman–Crippen MR) is 194 cm³/mol. The second-order valence-corrected chi connectivity index (χ2v) is 13.9. The maximum atomic E-state index is 12.3. The van der Waals surface area contributed by atoms with Crippen LogP contribution in [0.25, 0.3) is 0 Å². The summed E-state index contributed by atoms with van der Waals surface area (Å²) < 4.78 is 5.65. The molecule has 0 atom stereocenters. The molecule has 264 valence electrons. The molecule has 0 aromatic rings. The average Bonchev–Trinajstić information content (AvgIpc) is 3.03. The lowest BCUT2D eigenvalue weighted by Crippen LogP contribution is -2.27. The molecular weight excluding hydrogens is 542 g/mol. The van der Waals surface area contributed by atoms with E-state index in [2.05, 4.69) is 25.7 Å². The van der Waals surface area contributed by atoms with Gasteiger partial charge in [-0.1, -0.05) is 175 Å². The van der Waals surface area contributed by atoms with Gasteiger partial charge < -0.3 is 14.7 Å². The number of carbonyl (C=O) groups is 1. The lowest BCUT2D eigenvalue weighted by Gasteiger charge is -2.22. The van der Waals surface area contributed by atoms with E-state index in [0.717, 1.165) is 44.7 Å². The number of aliphatic hydroxyl groups excluding tert-OH is 1. The van der Waals surface area contributed by atoms with Crippen LogP contribution >= 0.6 is 0 Å². The minimum atomic E-state index is 0.0123. The second kappa shape index (κ2) is 36.9. The summed E-state index contributed by atoms with van der Waals surface area (Å²) >= 11 is 0. The summed E-state index contributed by atoms with van der Waals surface area (Å²) in [7, 11) is 0. The number of nitrogens with zero attached hydrogens (tertiary/aromatic N) is 1. The van der Waals surface area contributed by atoms with E-state index in [0.29, 0.717) is 19.6 Å². The third-order valence-corrected chi connectivity index (χ3v) is 9.54. The fourth-order valence-electron chi connectivity index (χ4n) is 6.51. The molecule has 0 amide bonds. The van der Waals surface area contributed by atoms with Gasteiger partial charge in [0.25, 0.3) is 0 Å². The lowest BCUT2D eigenvalue weighted by molar-refractivity contribution is -0.144. The number of rotatable bonds is 37. The number of hydrogen-bond donors (Lipinski definition) is 1. The van der Waals surface area contributed by atoms with Crippen LogP contribution in [0.1, 0.15) is 213 Å². The third-order valence-electron chi connectivity index (χ3n) is 9.54. The molecule has 0 rings (SSSR count). The van der Waals surface area contributed by atoms with E-state index in [9.17, 15) is 9.90 Å². The normalized spacial score (nSPS) is 11.7. The molecule has 0 aromatic heterocycles. The fraction of sp³-hybridized carbons (Fsp3) is 0.975. The highest BCUT2D eigenvalue weighted by Gasteiger charge is 2.11. The van der Waals surface area contributed by atoms with Crippen molar-refractivity contribution in [2.45, 2.75) is 213 Å². The Labute approximate surface area is 277 Å². The van der Waals surface area contributed by atoms with Crippen LogP contribution in [0.2, 0.25) is 0 Å². The number of unbranched alkanes of at least 4 members (excludes halogenated alkanes) is 21. The topological polar surface area (TPSA) is 49.8 Å². The summed E-state index contributed by atoms with van der Waals surface area (Å²) in [6.07, 6.45) is 38.3. The van der Waals surface area contributed by atoms with Gasteiger partial charge in [-0.05, 0) is 51.1 Å². The van der Waals surface area contributed by atoms with E-state index < -0.39 is 0 Å². The Morgan fingerprint density at radius 3 is 1.34 bits per heavy atom. The van der Waals surface area contributed by atoms with Crippen LogP contribution in [0.4, 0.5) is 0 Å². The highest BCUT2D eigenvalue weighted by atomic mass is 16.5. The molecule has 4 nitrogen and oxygen atoms in total. The van der Waals surface area contributed by atoms with E-state index in [-0.39, 0.29) is 5.97 Å². The monoisotopic (exact) mass is 624 g/mol. The first-order valence-corrected chi connectivity index (χ1v) is 20.2. The molecular formula is C40H81NO3. The van der Waals surface area contributed by atoms with Crippen molar-refractivity contribution in [2.75, 3.05) is 32.8 Å². The van der Waals surface area contributed by atoms with Crippen LogP contribution in [0.5, 0.6) is 0 Å².